The fourth-order valence-corrected chi connectivity index (χ4v) is 3.38. The van der Waals surface area contributed by atoms with E-state index < -0.39 is 0 Å². The molecule has 0 unspecified atom stereocenters. The summed E-state index contributed by atoms with van der Waals surface area (Å²) in [6.07, 6.45) is 0.850. The van der Waals surface area contributed by atoms with E-state index in [0.717, 1.165) is 42.5 Å². The molecule has 8 heteroatoms. The average Bonchev–Trinajstić information content (AvgIpc) is 3.26. The summed E-state index contributed by atoms with van der Waals surface area (Å²) in [4.78, 5) is 18.9. The van der Waals surface area contributed by atoms with Crippen LogP contribution in [0.3, 0.4) is 0 Å². The van der Waals surface area contributed by atoms with Gasteiger partial charge in [-0.05, 0) is 62.6 Å². The lowest BCUT2D eigenvalue weighted by molar-refractivity contribution is 0.0773. The molecule has 2 aromatic rings. The summed E-state index contributed by atoms with van der Waals surface area (Å²) in [5.74, 6) is 2.45. The van der Waals surface area contributed by atoms with E-state index >= 15 is 0 Å². The van der Waals surface area contributed by atoms with Gasteiger partial charge in [-0.1, -0.05) is 18.2 Å². The molecule has 32 heavy (non-hydrogen) atoms. The Bertz CT molecular complexity index is 899. The number of nitrogens with one attached hydrogen (secondary N) is 2. The van der Waals surface area contributed by atoms with Crippen LogP contribution in [0.4, 0.5) is 0 Å². The Morgan fingerprint density at radius 2 is 1.66 bits per heavy atom. The summed E-state index contributed by atoms with van der Waals surface area (Å²) < 4.78 is 10.8. The van der Waals surface area contributed by atoms with Crippen LogP contribution in [0.2, 0.25) is 0 Å². The molecule has 0 aromatic heterocycles. The first-order valence-electron chi connectivity index (χ1n) is 10.9. The number of carbonyl (C=O) groups is 1. The SMILES string of the molecule is CCNC(=NCc1ccc(C(=O)N(CC)CC)cc1)NCCc1ccc2c(c1)OCO2.I. The highest BCUT2D eigenvalue weighted by Gasteiger charge is 2.13. The molecule has 1 heterocycles. The van der Waals surface area contributed by atoms with Crippen molar-refractivity contribution in [2.75, 3.05) is 33.0 Å². The van der Waals surface area contributed by atoms with Crippen LogP contribution >= 0.6 is 24.0 Å². The summed E-state index contributed by atoms with van der Waals surface area (Å²) in [6.45, 7) is 9.83. The van der Waals surface area contributed by atoms with E-state index in [-0.39, 0.29) is 29.9 Å². The van der Waals surface area contributed by atoms with E-state index in [9.17, 15) is 4.79 Å². The lowest BCUT2D eigenvalue weighted by Crippen LogP contribution is -2.38. The van der Waals surface area contributed by atoms with Gasteiger partial charge in [0.1, 0.15) is 0 Å². The predicted molar refractivity (Wildman–Crippen MR) is 138 cm³/mol. The number of guanidine groups is 1. The molecule has 0 spiro atoms. The Morgan fingerprint density at radius 3 is 2.34 bits per heavy atom. The van der Waals surface area contributed by atoms with Gasteiger partial charge < -0.3 is 25.0 Å². The molecule has 0 aliphatic carbocycles. The van der Waals surface area contributed by atoms with Gasteiger partial charge in [-0.2, -0.15) is 0 Å². The number of halogens is 1. The van der Waals surface area contributed by atoms with Crippen LogP contribution in [-0.2, 0) is 13.0 Å². The quantitative estimate of drug-likeness (QED) is 0.281. The molecule has 0 atom stereocenters. The standard InChI is InChI=1S/C24H32N4O3.HI/c1-4-25-24(26-14-13-18-9-12-21-22(15-18)31-17-30-21)27-16-19-7-10-20(11-8-19)23(29)28(5-2)6-3;/h7-12,15H,4-6,13-14,16-17H2,1-3H3,(H2,25,26,27);1H. The molecule has 2 N–H and O–H groups in total. The second-order valence-electron chi connectivity index (χ2n) is 7.23. The molecular weight excluding hydrogens is 519 g/mol. The number of amides is 1. The molecular formula is C24H33IN4O3. The Labute approximate surface area is 207 Å². The molecule has 0 fully saturated rings. The van der Waals surface area contributed by atoms with Crippen LogP contribution in [-0.4, -0.2) is 49.7 Å². The molecule has 3 rings (SSSR count). The van der Waals surface area contributed by atoms with E-state index in [2.05, 4.69) is 21.7 Å². The summed E-state index contributed by atoms with van der Waals surface area (Å²) in [6, 6.07) is 13.7. The van der Waals surface area contributed by atoms with Crippen LogP contribution in [0.5, 0.6) is 11.5 Å². The van der Waals surface area contributed by atoms with Crippen molar-refractivity contribution < 1.29 is 14.3 Å². The maximum absolute atomic E-state index is 12.4. The maximum Gasteiger partial charge on any atom is 0.253 e. The van der Waals surface area contributed by atoms with Crippen molar-refractivity contribution >= 4 is 35.8 Å². The van der Waals surface area contributed by atoms with E-state index in [1.807, 2.05) is 62.1 Å². The summed E-state index contributed by atoms with van der Waals surface area (Å²) in [5.41, 5.74) is 2.95. The summed E-state index contributed by atoms with van der Waals surface area (Å²) >= 11 is 0. The Morgan fingerprint density at radius 1 is 0.969 bits per heavy atom. The number of ether oxygens (including phenoxy) is 2. The summed E-state index contributed by atoms with van der Waals surface area (Å²) in [7, 11) is 0. The van der Waals surface area contributed by atoms with E-state index in [0.29, 0.717) is 32.0 Å². The molecule has 2 aromatic carbocycles. The first-order chi connectivity index (χ1) is 15.1. The van der Waals surface area contributed by atoms with Gasteiger partial charge >= 0.3 is 0 Å². The van der Waals surface area contributed by atoms with Crippen molar-refractivity contribution in [1.82, 2.24) is 15.5 Å². The lowest BCUT2D eigenvalue weighted by atomic mass is 10.1. The number of carbonyl (C=O) groups excluding carboxylic acids is 1. The molecule has 0 radical (unpaired) electrons. The van der Waals surface area contributed by atoms with Crippen molar-refractivity contribution in [3.63, 3.8) is 0 Å². The second kappa shape index (κ2) is 13.1. The van der Waals surface area contributed by atoms with Gasteiger partial charge in [0.2, 0.25) is 6.79 Å². The third kappa shape index (κ3) is 7.01. The van der Waals surface area contributed by atoms with Crippen molar-refractivity contribution in [1.29, 1.82) is 0 Å². The van der Waals surface area contributed by atoms with Gasteiger partial charge in [0.15, 0.2) is 17.5 Å². The number of hydrogen-bond donors (Lipinski definition) is 2. The predicted octanol–water partition coefficient (Wildman–Crippen LogP) is 3.81. The highest BCUT2D eigenvalue weighted by Crippen LogP contribution is 2.32. The molecule has 1 amide bonds. The minimum Gasteiger partial charge on any atom is -0.454 e. The van der Waals surface area contributed by atoms with Crippen molar-refractivity contribution in [3.05, 3.63) is 59.2 Å². The third-order valence-corrected chi connectivity index (χ3v) is 5.16. The molecule has 0 saturated carbocycles. The van der Waals surface area contributed by atoms with Gasteiger partial charge in [0, 0.05) is 31.7 Å². The van der Waals surface area contributed by atoms with Crippen LogP contribution in [0.1, 0.15) is 42.3 Å². The zero-order valence-electron chi connectivity index (χ0n) is 19.0. The molecule has 1 aliphatic heterocycles. The summed E-state index contributed by atoms with van der Waals surface area (Å²) in [5, 5.41) is 6.65. The molecule has 1 aliphatic rings. The lowest BCUT2D eigenvalue weighted by Gasteiger charge is -2.18. The van der Waals surface area contributed by atoms with E-state index in [4.69, 9.17) is 9.47 Å². The molecule has 174 valence electrons. The minimum atomic E-state index is 0. The van der Waals surface area contributed by atoms with Crippen LogP contribution < -0.4 is 20.1 Å². The smallest absolute Gasteiger partial charge is 0.253 e. The average molecular weight is 552 g/mol. The van der Waals surface area contributed by atoms with Gasteiger partial charge in [-0.25, -0.2) is 4.99 Å². The van der Waals surface area contributed by atoms with Gasteiger partial charge in [0.25, 0.3) is 5.91 Å². The van der Waals surface area contributed by atoms with Crippen molar-refractivity contribution in [2.45, 2.75) is 33.7 Å². The number of aliphatic imine (C=N–C) groups is 1. The Hall–Kier alpha value is -2.49. The molecule has 0 saturated heterocycles. The number of fused-ring (bicyclic) bond motifs is 1. The number of rotatable bonds is 9. The Kier molecular flexibility index (Phi) is 10.6. The van der Waals surface area contributed by atoms with E-state index in [1.165, 1.54) is 5.56 Å². The monoisotopic (exact) mass is 552 g/mol. The van der Waals surface area contributed by atoms with E-state index in [1.54, 1.807) is 0 Å². The molecule has 7 nitrogen and oxygen atoms in total. The van der Waals surface area contributed by atoms with Gasteiger partial charge in [0.05, 0.1) is 6.54 Å². The second-order valence-corrected chi connectivity index (χ2v) is 7.23. The normalized spacial score (nSPS) is 12.2. The third-order valence-electron chi connectivity index (χ3n) is 5.16. The van der Waals surface area contributed by atoms with Crippen molar-refractivity contribution in [2.24, 2.45) is 4.99 Å². The zero-order chi connectivity index (χ0) is 22.1. The number of nitrogens with zero attached hydrogens (tertiary/aromatic N) is 2. The maximum atomic E-state index is 12.4. The van der Waals surface area contributed by atoms with Gasteiger partial charge in [-0.15, -0.1) is 24.0 Å². The van der Waals surface area contributed by atoms with Crippen molar-refractivity contribution in [3.8, 4) is 11.5 Å². The number of hydrogen-bond acceptors (Lipinski definition) is 4. The zero-order valence-corrected chi connectivity index (χ0v) is 21.3. The number of benzene rings is 2. The fraction of sp³-hybridized carbons (Fsp3) is 0.417. The van der Waals surface area contributed by atoms with Gasteiger partial charge in [-0.3, -0.25) is 4.79 Å². The highest BCUT2D eigenvalue weighted by atomic mass is 127. The fourth-order valence-electron chi connectivity index (χ4n) is 3.38. The highest BCUT2D eigenvalue weighted by molar-refractivity contribution is 14.0. The molecule has 0 bridgehead atoms. The first kappa shape index (κ1) is 25.8. The Balaban J connectivity index is 0.00000363. The minimum absolute atomic E-state index is 0. The topological polar surface area (TPSA) is 75.2 Å². The van der Waals surface area contributed by atoms with Crippen LogP contribution in [0.15, 0.2) is 47.5 Å². The first-order valence-corrected chi connectivity index (χ1v) is 10.9. The largest absolute Gasteiger partial charge is 0.454 e. The van der Waals surface area contributed by atoms with Crippen LogP contribution in [0.25, 0.3) is 0 Å². The van der Waals surface area contributed by atoms with Crippen LogP contribution in [0, 0.1) is 0 Å².